The Morgan fingerprint density at radius 2 is 1.50 bits per heavy atom. The highest BCUT2D eigenvalue weighted by molar-refractivity contribution is 8.12. The number of thioether (sulfide) groups is 2. The summed E-state index contributed by atoms with van der Waals surface area (Å²) in [6.45, 7) is 11.2. The molecule has 0 saturated carbocycles. The minimum Gasteiger partial charge on any atom is -0.354 e. The zero-order valence-electron chi connectivity index (χ0n) is 18.2. The van der Waals surface area contributed by atoms with Crippen LogP contribution in [0.2, 0.25) is 5.02 Å². The van der Waals surface area contributed by atoms with Crippen molar-refractivity contribution < 1.29 is 4.79 Å². The van der Waals surface area contributed by atoms with Gasteiger partial charge in [0, 0.05) is 37.0 Å². The Kier molecular flexibility index (Phi) is 13.3. The zero-order valence-corrected chi connectivity index (χ0v) is 20.6. The number of halogens is 1. The van der Waals surface area contributed by atoms with Crippen LogP contribution in [0, 0.1) is 0 Å². The fourth-order valence-corrected chi connectivity index (χ4v) is 3.63. The quantitative estimate of drug-likeness (QED) is 0.465. The van der Waals surface area contributed by atoms with Gasteiger partial charge in [0.1, 0.15) is 0 Å². The molecular weight excluding hydrogens is 440 g/mol. The van der Waals surface area contributed by atoms with Crippen molar-refractivity contribution in [1.82, 2.24) is 19.9 Å². The predicted octanol–water partition coefficient (Wildman–Crippen LogP) is 5.49. The van der Waals surface area contributed by atoms with Gasteiger partial charge < -0.3 is 15.5 Å². The van der Waals surface area contributed by atoms with E-state index < -0.39 is 0 Å². The first kappa shape index (κ1) is 26.3. The third kappa shape index (κ3) is 9.86. The molecule has 0 aliphatic rings. The van der Waals surface area contributed by atoms with E-state index >= 15 is 0 Å². The van der Waals surface area contributed by atoms with Gasteiger partial charge in [0.2, 0.25) is 11.9 Å². The van der Waals surface area contributed by atoms with E-state index in [1.165, 1.54) is 23.5 Å². The molecule has 2 rings (SSSR count). The Labute approximate surface area is 193 Å². The molecule has 0 radical (unpaired) electrons. The molecule has 0 bridgehead atoms. The second kappa shape index (κ2) is 15.1. The number of hydrogen-bond donors (Lipinski definition) is 2. The summed E-state index contributed by atoms with van der Waals surface area (Å²) in [5.74, 6) is 1.96. The van der Waals surface area contributed by atoms with Gasteiger partial charge in [-0.15, -0.1) is 0 Å². The van der Waals surface area contributed by atoms with Crippen molar-refractivity contribution in [3.63, 3.8) is 0 Å². The molecule has 0 atom stereocenters. The van der Waals surface area contributed by atoms with Crippen LogP contribution in [0.15, 0.2) is 29.4 Å². The number of benzene rings is 1. The van der Waals surface area contributed by atoms with Crippen LogP contribution in [0.25, 0.3) is 0 Å². The van der Waals surface area contributed by atoms with E-state index in [1.54, 1.807) is 0 Å². The molecule has 1 aromatic heterocycles. The van der Waals surface area contributed by atoms with Gasteiger partial charge in [-0.05, 0) is 51.6 Å². The van der Waals surface area contributed by atoms with Crippen LogP contribution in [0.5, 0.6) is 0 Å². The fraction of sp³-hybridized carbons (Fsp3) is 0.500. The van der Waals surface area contributed by atoms with Crippen molar-refractivity contribution in [2.45, 2.75) is 38.6 Å². The predicted molar refractivity (Wildman–Crippen MR) is 131 cm³/mol. The lowest BCUT2D eigenvalue weighted by molar-refractivity contribution is 0.228. The molecule has 0 saturated heterocycles. The third-order valence-electron chi connectivity index (χ3n) is 3.76. The number of aromatic nitrogens is 3. The lowest BCUT2D eigenvalue weighted by Crippen LogP contribution is -2.26. The van der Waals surface area contributed by atoms with Gasteiger partial charge in [-0.2, -0.15) is 15.0 Å². The normalized spacial score (nSPS) is 10.1. The Balaban J connectivity index is 0.000000303. The van der Waals surface area contributed by atoms with Gasteiger partial charge >= 0.3 is 0 Å². The average molecular weight is 471 g/mol. The largest absolute Gasteiger partial charge is 0.354 e. The van der Waals surface area contributed by atoms with Crippen LogP contribution >= 0.6 is 35.1 Å². The van der Waals surface area contributed by atoms with Crippen LogP contribution < -0.4 is 10.6 Å². The standard InChI is InChI=1S/C12H16ClNOS.C8H15N5S/c1-3-14(4-2)12(15)16-9-10-5-7-11(13)8-6-10;1-4-9-6-11-7(10-5-2)13-8(12-6)14-3/h5-8H,3-4,9H2,1-2H3;4-5H2,1-3H3,(H2,9,10,11,12,13). The summed E-state index contributed by atoms with van der Waals surface area (Å²) in [5.41, 5.74) is 1.12. The van der Waals surface area contributed by atoms with E-state index in [0.717, 1.165) is 41.9 Å². The first-order valence-corrected chi connectivity index (χ1v) is 12.5. The van der Waals surface area contributed by atoms with Crippen molar-refractivity contribution in [1.29, 1.82) is 0 Å². The van der Waals surface area contributed by atoms with Gasteiger partial charge in [0.15, 0.2) is 5.16 Å². The maximum Gasteiger partial charge on any atom is 0.281 e. The molecule has 0 spiro atoms. The molecule has 0 aliphatic carbocycles. The second-order valence-electron chi connectivity index (χ2n) is 5.88. The van der Waals surface area contributed by atoms with Gasteiger partial charge in [-0.25, -0.2) is 0 Å². The van der Waals surface area contributed by atoms with Crippen LogP contribution in [-0.2, 0) is 5.75 Å². The highest BCUT2D eigenvalue weighted by Crippen LogP contribution is 2.18. The molecule has 1 amide bonds. The third-order valence-corrected chi connectivity index (χ3v) is 5.55. The lowest BCUT2D eigenvalue weighted by Gasteiger charge is -2.17. The summed E-state index contributed by atoms with van der Waals surface area (Å²) >= 11 is 8.63. The SMILES string of the molecule is CCN(CC)C(=O)SCc1ccc(Cl)cc1.CCNc1nc(NCC)nc(SC)n1. The van der Waals surface area contributed by atoms with Gasteiger partial charge in [0.05, 0.1) is 0 Å². The zero-order chi connectivity index (χ0) is 22.4. The van der Waals surface area contributed by atoms with Crippen molar-refractivity contribution in [2.24, 2.45) is 0 Å². The fourth-order valence-electron chi connectivity index (χ4n) is 2.22. The molecule has 0 aliphatic heterocycles. The van der Waals surface area contributed by atoms with Crippen molar-refractivity contribution >= 4 is 52.3 Å². The molecule has 1 aromatic carbocycles. The topological polar surface area (TPSA) is 83.0 Å². The molecule has 0 fully saturated rings. The van der Waals surface area contributed by atoms with E-state index in [9.17, 15) is 4.79 Å². The monoisotopic (exact) mass is 470 g/mol. The highest BCUT2D eigenvalue weighted by atomic mass is 35.5. The Hall–Kier alpha value is -1.71. The van der Waals surface area contributed by atoms with Crippen LogP contribution in [0.1, 0.15) is 33.3 Å². The van der Waals surface area contributed by atoms with Crippen LogP contribution in [-0.4, -0.2) is 57.5 Å². The van der Waals surface area contributed by atoms with Crippen molar-refractivity contribution in [3.05, 3.63) is 34.9 Å². The minimum atomic E-state index is 0.139. The molecule has 2 N–H and O–H groups in total. The minimum absolute atomic E-state index is 0.139. The highest BCUT2D eigenvalue weighted by Gasteiger charge is 2.09. The number of carbonyl (C=O) groups is 1. The summed E-state index contributed by atoms with van der Waals surface area (Å²) in [6.07, 6.45) is 1.95. The smallest absolute Gasteiger partial charge is 0.281 e. The number of anilines is 2. The summed E-state index contributed by atoms with van der Waals surface area (Å²) in [7, 11) is 0. The van der Waals surface area contributed by atoms with Crippen LogP contribution in [0.3, 0.4) is 0 Å². The maximum atomic E-state index is 11.7. The number of nitrogens with one attached hydrogen (secondary N) is 2. The molecule has 0 unspecified atom stereocenters. The van der Waals surface area contributed by atoms with E-state index in [1.807, 2.05) is 63.1 Å². The summed E-state index contributed by atoms with van der Waals surface area (Å²) < 4.78 is 0. The number of amides is 1. The summed E-state index contributed by atoms with van der Waals surface area (Å²) in [4.78, 5) is 26.2. The number of hydrogen-bond acceptors (Lipinski definition) is 8. The van der Waals surface area contributed by atoms with Crippen molar-refractivity contribution in [3.8, 4) is 0 Å². The number of nitrogens with zero attached hydrogens (tertiary/aromatic N) is 4. The molecule has 30 heavy (non-hydrogen) atoms. The van der Waals surface area contributed by atoms with Gasteiger partial charge in [-0.3, -0.25) is 4.79 Å². The summed E-state index contributed by atoms with van der Waals surface area (Å²) in [5, 5.41) is 7.72. The van der Waals surface area contributed by atoms with E-state index in [0.29, 0.717) is 17.6 Å². The molecule has 10 heteroatoms. The first-order chi connectivity index (χ1) is 14.5. The molecule has 2 aromatic rings. The Bertz CT molecular complexity index is 735. The first-order valence-electron chi connectivity index (χ1n) is 9.91. The number of rotatable bonds is 9. The Morgan fingerprint density at radius 1 is 0.967 bits per heavy atom. The average Bonchev–Trinajstić information content (AvgIpc) is 2.75. The Morgan fingerprint density at radius 3 is 1.93 bits per heavy atom. The molecule has 166 valence electrons. The van der Waals surface area contributed by atoms with E-state index in [4.69, 9.17) is 11.6 Å². The van der Waals surface area contributed by atoms with E-state index in [2.05, 4.69) is 25.6 Å². The molecule has 1 heterocycles. The lowest BCUT2D eigenvalue weighted by atomic mass is 10.2. The van der Waals surface area contributed by atoms with Crippen molar-refractivity contribution in [2.75, 3.05) is 43.1 Å². The van der Waals surface area contributed by atoms with Crippen LogP contribution in [0.4, 0.5) is 16.7 Å². The number of carbonyl (C=O) groups excluding carboxylic acids is 1. The molecule has 7 nitrogen and oxygen atoms in total. The van der Waals surface area contributed by atoms with E-state index in [-0.39, 0.29) is 5.24 Å². The second-order valence-corrected chi connectivity index (χ2v) is 8.02. The van der Waals surface area contributed by atoms with Gasteiger partial charge in [-0.1, -0.05) is 47.3 Å². The summed E-state index contributed by atoms with van der Waals surface area (Å²) in [6, 6.07) is 7.59. The maximum absolute atomic E-state index is 11.7. The van der Waals surface area contributed by atoms with Gasteiger partial charge in [0.25, 0.3) is 5.24 Å². The molecular formula is C20H31ClN6OS2.